The highest BCUT2D eigenvalue weighted by molar-refractivity contribution is 5.72. The van der Waals surface area contributed by atoms with E-state index in [9.17, 15) is 4.79 Å². The van der Waals surface area contributed by atoms with Crippen molar-refractivity contribution in [3.05, 3.63) is 0 Å². The fourth-order valence-electron chi connectivity index (χ4n) is 2.00. The van der Waals surface area contributed by atoms with Crippen LogP contribution in [0.15, 0.2) is 0 Å². The lowest BCUT2D eigenvalue weighted by Gasteiger charge is -2.19. The number of fused-ring (bicyclic) bond motifs is 1. The smallest absolute Gasteiger partial charge is 0.309 e. The highest BCUT2D eigenvalue weighted by atomic mass is 16.6. The van der Waals surface area contributed by atoms with Crippen LogP contribution in [0.4, 0.5) is 0 Å². The minimum absolute atomic E-state index is 0.0201. The van der Waals surface area contributed by atoms with Gasteiger partial charge < -0.3 is 9.47 Å². The molecule has 4 atom stereocenters. The van der Waals surface area contributed by atoms with E-state index < -0.39 is 0 Å². The van der Waals surface area contributed by atoms with Crippen molar-refractivity contribution in [3.63, 3.8) is 0 Å². The van der Waals surface area contributed by atoms with Crippen LogP contribution in [0.5, 0.6) is 0 Å². The van der Waals surface area contributed by atoms with E-state index in [-0.39, 0.29) is 18.0 Å². The second-order valence-electron chi connectivity index (χ2n) is 4.38. The van der Waals surface area contributed by atoms with Gasteiger partial charge in [-0.3, -0.25) is 4.79 Å². The molecule has 0 aromatic heterocycles. The highest BCUT2D eigenvalue weighted by Gasteiger charge is 2.46. The molecule has 1 aliphatic heterocycles. The van der Waals surface area contributed by atoms with Crippen LogP contribution in [0.25, 0.3) is 0 Å². The first-order valence-electron chi connectivity index (χ1n) is 5.56. The van der Waals surface area contributed by atoms with Gasteiger partial charge in [0.05, 0.1) is 24.2 Å². The maximum atomic E-state index is 11.7. The maximum absolute atomic E-state index is 11.7. The Balaban J connectivity index is 1.79. The van der Waals surface area contributed by atoms with E-state index in [1.54, 1.807) is 0 Å². The molecule has 1 heterocycles. The van der Waals surface area contributed by atoms with Crippen molar-refractivity contribution < 1.29 is 14.3 Å². The number of epoxide rings is 1. The standard InChI is InChI=1S/C11H18O3/c1-3-7(2)13-11(12)8-4-5-9-10(6-8)14-9/h7-10H,3-6H2,1-2H3. The second kappa shape index (κ2) is 3.89. The van der Waals surface area contributed by atoms with Crippen molar-refractivity contribution in [1.29, 1.82) is 0 Å². The summed E-state index contributed by atoms with van der Waals surface area (Å²) >= 11 is 0. The summed E-state index contributed by atoms with van der Waals surface area (Å²) in [5.41, 5.74) is 0. The molecule has 2 rings (SSSR count). The number of carbonyl (C=O) groups is 1. The SMILES string of the molecule is CCC(C)OC(=O)C1CCC2OC2C1. The van der Waals surface area contributed by atoms with Crippen molar-refractivity contribution in [2.75, 3.05) is 0 Å². The Labute approximate surface area is 84.8 Å². The van der Waals surface area contributed by atoms with Gasteiger partial charge in [0, 0.05) is 0 Å². The van der Waals surface area contributed by atoms with E-state index in [0.717, 1.165) is 25.7 Å². The lowest BCUT2D eigenvalue weighted by molar-refractivity contribution is -0.154. The summed E-state index contributed by atoms with van der Waals surface area (Å²) < 4.78 is 10.7. The minimum Gasteiger partial charge on any atom is -0.462 e. The fraction of sp³-hybridized carbons (Fsp3) is 0.909. The Morgan fingerprint density at radius 2 is 2.29 bits per heavy atom. The Hall–Kier alpha value is -0.570. The molecular weight excluding hydrogens is 180 g/mol. The van der Waals surface area contributed by atoms with Gasteiger partial charge in [0.15, 0.2) is 0 Å². The molecule has 0 bridgehead atoms. The normalized spacial score (nSPS) is 37.1. The van der Waals surface area contributed by atoms with E-state index in [4.69, 9.17) is 9.47 Å². The number of carbonyl (C=O) groups excluding carboxylic acids is 1. The van der Waals surface area contributed by atoms with Crippen LogP contribution < -0.4 is 0 Å². The first-order valence-corrected chi connectivity index (χ1v) is 5.56. The molecule has 0 amide bonds. The molecule has 3 nitrogen and oxygen atoms in total. The third-order valence-electron chi connectivity index (χ3n) is 3.23. The van der Waals surface area contributed by atoms with E-state index in [1.165, 1.54) is 0 Å². The molecular formula is C11H18O3. The third-order valence-corrected chi connectivity index (χ3v) is 3.23. The molecule has 14 heavy (non-hydrogen) atoms. The number of ether oxygens (including phenoxy) is 2. The maximum Gasteiger partial charge on any atom is 0.309 e. The molecule has 0 radical (unpaired) electrons. The predicted octanol–water partition coefficient (Wildman–Crippen LogP) is 1.90. The van der Waals surface area contributed by atoms with Gasteiger partial charge in [-0.05, 0) is 32.6 Å². The zero-order chi connectivity index (χ0) is 10.1. The molecule has 2 fully saturated rings. The topological polar surface area (TPSA) is 38.8 Å². The molecule has 0 spiro atoms. The summed E-state index contributed by atoms with van der Waals surface area (Å²) in [6, 6.07) is 0. The summed E-state index contributed by atoms with van der Waals surface area (Å²) in [6.07, 6.45) is 4.61. The predicted molar refractivity (Wildman–Crippen MR) is 51.8 cm³/mol. The zero-order valence-corrected chi connectivity index (χ0v) is 8.86. The molecule has 3 heteroatoms. The lowest BCUT2D eigenvalue weighted by Crippen LogP contribution is -2.26. The van der Waals surface area contributed by atoms with E-state index >= 15 is 0 Å². The van der Waals surface area contributed by atoms with E-state index in [1.807, 2.05) is 13.8 Å². The zero-order valence-electron chi connectivity index (χ0n) is 8.86. The first kappa shape index (κ1) is 9.97. The Kier molecular flexibility index (Phi) is 2.77. The average molecular weight is 198 g/mol. The van der Waals surface area contributed by atoms with Crippen molar-refractivity contribution in [2.45, 2.75) is 57.8 Å². The van der Waals surface area contributed by atoms with Gasteiger partial charge in [-0.15, -0.1) is 0 Å². The van der Waals surface area contributed by atoms with Crippen molar-refractivity contribution in [1.82, 2.24) is 0 Å². The lowest BCUT2D eigenvalue weighted by atomic mass is 9.89. The minimum atomic E-state index is -0.0201. The number of hydrogen-bond acceptors (Lipinski definition) is 3. The van der Waals surface area contributed by atoms with Gasteiger partial charge in [-0.1, -0.05) is 6.92 Å². The van der Waals surface area contributed by atoms with Gasteiger partial charge in [0.25, 0.3) is 0 Å². The molecule has 2 aliphatic rings. The van der Waals surface area contributed by atoms with Gasteiger partial charge >= 0.3 is 5.97 Å². The highest BCUT2D eigenvalue weighted by Crippen LogP contribution is 2.39. The van der Waals surface area contributed by atoms with Gasteiger partial charge in [0.1, 0.15) is 0 Å². The molecule has 0 aromatic rings. The summed E-state index contributed by atoms with van der Waals surface area (Å²) in [5.74, 6) is 0.0704. The molecule has 0 N–H and O–H groups in total. The fourth-order valence-corrected chi connectivity index (χ4v) is 2.00. The van der Waals surface area contributed by atoms with Crippen LogP contribution in [-0.4, -0.2) is 24.3 Å². The van der Waals surface area contributed by atoms with Crippen molar-refractivity contribution >= 4 is 5.97 Å². The Bertz CT molecular complexity index is 227. The molecule has 1 aliphatic carbocycles. The Morgan fingerprint density at radius 1 is 1.50 bits per heavy atom. The first-order chi connectivity index (χ1) is 6.70. The van der Waals surface area contributed by atoms with E-state index in [2.05, 4.69) is 0 Å². The van der Waals surface area contributed by atoms with Crippen molar-refractivity contribution in [2.24, 2.45) is 5.92 Å². The van der Waals surface area contributed by atoms with Crippen LogP contribution in [-0.2, 0) is 14.3 Å². The number of rotatable bonds is 3. The summed E-state index contributed by atoms with van der Waals surface area (Å²) in [4.78, 5) is 11.7. The van der Waals surface area contributed by atoms with Gasteiger partial charge in [0.2, 0.25) is 0 Å². The summed E-state index contributed by atoms with van der Waals surface area (Å²) in [7, 11) is 0. The van der Waals surface area contributed by atoms with Gasteiger partial charge in [-0.25, -0.2) is 0 Å². The average Bonchev–Trinajstić information content (AvgIpc) is 2.94. The molecule has 1 saturated carbocycles. The quantitative estimate of drug-likeness (QED) is 0.513. The van der Waals surface area contributed by atoms with Crippen LogP contribution >= 0.6 is 0 Å². The number of esters is 1. The summed E-state index contributed by atoms with van der Waals surface area (Å²) in [6.45, 7) is 3.97. The molecule has 0 aromatic carbocycles. The van der Waals surface area contributed by atoms with Crippen LogP contribution in [0.1, 0.15) is 39.5 Å². The van der Waals surface area contributed by atoms with Crippen LogP contribution in [0.3, 0.4) is 0 Å². The molecule has 80 valence electrons. The van der Waals surface area contributed by atoms with E-state index in [0.29, 0.717) is 12.2 Å². The van der Waals surface area contributed by atoms with Crippen LogP contribution in [0, 0.1) is 5.92 Å². The van der Waals surface area contributed by atoms with Crippen molar-refractivity contribution in [3.8, 4) is 0 Å². The number of hydrogen-bond donors (Lipinski definition) is 0. The molecule has 1 saturated heterocycles. The molecule has 4 unspecified atom stereocenters. The summed E-state index contributed by atoms with van der Waals surface area (Å²) in [5, 5.41) is 0. The second-order valence-corrected chi connectivity index (χ2v) is 4.38. The Morgan fingerprint density at radius 3 is 2.93 bits per heavy atom. The monoisotopic (exact) mass is 198 g/mol. The van der Waals surface area contributed by atoms with Gasteiger partial charge in [-0.2, -0.15) is 0 Å². The van der Waals surface area contributed by atoms with Crippen LogP contribution in [0.2, 0.25) is 0 Å². The third kappa shape index (κ3) is 2.08. The largest absolute Gasteiger partial charge is 0.462 e.